The van der Waals surface area contributed by atoms with E-state index in [1.54, 1.807) is 30.3 Å². The summed E-state index contributed by atoms with van der Waals surface area (Å²) in [5.74, 6) is -3.23. The molecule has 0 bridgehead atoms. The van der Waals surface area contributed by atoms with E-state index in [9.17, 15) is 27.9 Å². The fourth-order valence-electron chi connectivity index (χ4n) is 2.29. The van der Waals surface area contributed by atoms with Crippen LogP contribution in [-0.2, 0) is 11.2 Å². The lowest BCUT2D eigenvalue weighted by atomic mass is 9.99. The third-order valence-electron chi connectivity index (χ3n) is 3.57. The molecule has 0 spiro atoms. The van der Waals surface area contributed by atoms with Crippen molar-refractivity contribution < 1.29 is 32.6 Å². The zero-order valence-electron chi connectivity index (χ0n) is 14.1. The van der Waals surface area contributed by atoms with Crippen LogP contribution >= 0.6 is 0 Å². The number of rotatable bonds is 8. The Morgan fingerprint density at radius 1 is 1.15 bits per heavy atom. The highest BCUT2D eigenvalue weighted by Crippen LogP contribution is 2.20. The molecule has 0 aliphatic heterocycles. The van der Waals surface area contributed by atoms with Crippen molar-refractivity contribution in [1.82, 2.24) is 10.3 Å². The number of aromatic nitrogens is 1. The number of amides is 1. The summed E-state index contributed by atoms with van der Waals surface area (Å²) in [6.45, 7) is -1.79. The molecule has 0 aliphatic carbocycles. The van der Waals surface area contributed by atoms with Crippen LogP contribution in [0.25, 0.3) is 0 Å². The second-order valence-electron chi connectivity index (χ2n) is 5.69. The molecule has 9 heteroatoms. The van der Waals surface area contributed by atoms with E-state index in [-0.39, 0.29) is 18.5 Å². The number of halogens is 3. The number of carbonyl (C=O) groups is 2. The maximum atomic E-state index is 12.3. The van der Waals surface area contributed by atoms with Crippen molar-refractivity contribution >= 4 is 11.9 Å². The van der Waals surface area contributed by atoms with Crippen LogP contribution < -0.4 is 10.1 Å². The van der Waals surface area contributed by atoms with Crippen LogP contribution in [0.15, 0.2) is 48.7 Å². The van der Waals surface area contributed by atoms with Crippen molar-refractivity contribution in [2.45, 2.75) is 12.6 Å². The van der Waals surface area contributed by atoms with Gasteiger partial charge in [-0.3, -0.25) is 9.59 Å². The van der Waals surface area contributed by atoms with E-state index in [0.717, 1.165) is 5.56 Å². The minimum Gasteiger partial charge on any atom is -0.481 e. The third kappa shape index (κ3) is 6.61. The van der Waals surface area contributed by atoms with Gasteiger partial charge in [-0.05, 0) is 24.1 Å². The number of carboxylic acids is 1. The molecule has 144 valence electrons. The quantitative estimate of drug-likeness (QED) is 0.733. The highest BCUT2D eigenvalue weighted by Gasteiger charge is 2.29. The van der Waals surface area contributed by atoms with Crippen molar-refractivity contribution in [2.24, 2.45) is 5.92 Å². The third-order valence-corrected chi connectivity index (χ3v) is 3.57. The number of alkyl halides is 3. The molecule has 2 rings (SSSR count). The zero-order chi connectivity index (χ0) is 19.9. The molecule has 6 nitrogen and oxygen atoms in total. The first kappa shape index (κ1) is 20.2. The molecule has 1 heterocycles. The summed E-state index contributed by atoms with van der Waals surface area (Å²) in [6, 6.07) is 11.5. The number of nitrogens with one attached hydrogen (secondary N) is 1. The summed E-state index contributed by atoms with van der Waals surface area (Å²) in [6.07, 6.45) is -3.19. The van der Waals surface area contributed by atoms with E-state index in [1.807, 2.05) is 0 Å². The number of pyridine rings is 1. The number of ether oxygens (including phenoxy) is 1. The Kier molecular flexibility index (Phi) is 6.75. The van der Waals surface area contributed by atoms with Crippen molar-refractivity contribution in [3.05, 3.63) is 59.8 Å². The van der Waals surface area contributed by atoms with E-state index in [0.29, 0.717) is 0 Å². The van der Waals surface area contributed by atoms with Crippen LogP contribution in [0.5, 0.6) is 5.88 Å². The number of hydrogen-bond acceptors (Lipinski definition) is 4. The fraction of sp³-hybridized carbons (Fsp3) is 0.278. The molecule has 2 aromatic rings. The molecule has 0 fully saturated rings. The molecular formula is C18H17F3N2O4. The predicted octanol–water partition coefficient (Wildman–Crippen LogP) is 2.70. The Hall–Kier alpha value is -3.10. The minimum atomic E-state index is -4.57. The van der Waals surface area contributed by atoms with Gasteiger partial charge < -0.3 is 15.2 Å². The van der Waals surface area contributed by atoms with Gasteiger partial charge in [0.25, 0.3) is 5.91 Å². The van der Waals surface area contributed by atoms with Crippen molar-refractivity contribution in [3.63, 3.8) is 0 Å². The molecule has 0 aliphatic rings. The van der Waals surface area contributed by atoms with Gasteiger partial charge in [-0.2, -0.15) is 13.2 Å². The zero-order valence-corrected chi connectivity index (χ0v) is 14.1. The normalized spacial score (nSPS) is 12.3. The van der Waals surface area contributed by atoms with E-state index >= 15 is 0 Å². The first-order valence-electron chi connectivity index (χ1n) is 7.96. The summed E-state index contributed by atoms with van der Waals surface area (Å²) in [7, 11) is 0. The summed E-state index contributed by atoms with van der Waals surface area (Å²) in [5, 5.41) is 11.8. The Morgan fingerprint density at radius 3 is 2.48 bits per heavy atom. The van der Waals surface area contributed by atoms with Crippen LogP contribution in [0, 0.1) is 5.92 Å². The van der Waals surface area contributed by atoms with Gasteiger partial charge in [-0.25, -0.2) is 4.98 Å². The molecule has 0 saturated carbocycles. The van der Waals surface area contributed by atoms with Crippen LogP contribution in [0.3, 0.4) is 0 Å². The smallest absolute Gasteiger partial charge is 0.422 e. The lowest BCUT2D eigenvalue weighted by Crippen LogP contribution is -2.34. The van der Waals surface area contributed by atoms with E-state index in [2.05, 4.69) is 15.0 Å². The van der Waals surface area contributed by atoms with Crippen molar-refractivity contribution in [1.29, 1.82) is 0 Å². The van der Waals surface area contributed by atoms with Crippen LogP contribution in [-0.4, -0.2) is 41.3 Å². The maximum Gasteiger partial charge on any atom is 0.422 e. The largest absolute Gasteiger partial charge is 0.481 e. The molecule has 0 radical (unpaired) electrons. The number of nitrogens with zero attached hydrogens (tertiary/aromatic N) is 1. The molecule has 1 aromatic carbocycles. The summed E-state index contributed by atoms with van der Waals surface area (Å²) in [5.41, 5.74) is 0.584. The maximum absolute atomic E-state index is 12.3. The molecule has 2 N–H and O–H groups in total. The lowest BCUT2D eigenvalue weighted by Gasteiger charge is -2.15. The van der Waals surface area contributed by atoms with Crippen LogP contribution in [0.4, 0.5) is 13.2 Å². The van der Waals surface area contributed by atoms with E-state index < -0.39 is 36.5 Å². The molecule has 1 amide bonds. The standard InChI is InChI=1S/C18H17F3N2O4/c19-18(20,21)11-27-16-14(7-4-8-22-16)15(24)23-10-13(17(25)26)9-12-5-2-1-3-6-12/h1-8,13H,9-11H2,(H,23,24)(H,25,26). The first-order valence-corrected chi connectivity index (χ1v) is 7.96. The van der Waals surface area contributed by atoms with Gasteiger partial charge >= 0.3 is 12.1 Å². The fourth-order valence-corrected chi connectivity index (χ4v) is 2.29. The second kappa shape index (κ2) is 9.02. The van der Waals surface area contributed by atoms with Gasteiger partial charge in [0.1, 0.15) is 5.56 Å². The molecule has 1 atom stereocenters. The molecule has 1 aromatic heterocycles. The predicted molar refractivity (Wildman–Crippen MR) is 89.4 cm³/mol. The first-order chi connectivity index (χ1) is 12.8. The average molecular weight is 382 g/mol. The Balaban J connectivity index is 2.02. The summed E-state index contributed by atoms with van der Waals surface area (Å²) < 4.78 is 41.5. The van der Waals surface area contributed by atoms with Gasteiger partial charge in [0.2, 0.25) is 5.88 Å². The Bertz CT molecular complexity index is 782. The van der Waals surface area contributed by atoms with Gasteiger partial charge in [0.05, 0.1) is 5.92 Å². The SMILES string of the molecule is O=C(NCC(Cc1ccccc1)C(=O)O)c1cccnc1OCC(F)(F)F. The molecular weight excluding hydrogens is 365 g/mol. The van der Waals surface area contributed by atoms with Crippen molar-refractivity contribution in [3.8, 4) is 5.88 Å². The number of carbonyl (C=O) groups excluding carboxylic acids is 1. The van der Waals surface area contributed by atoms with Crippen LogP contribution in [0.1, 0.15) is 15.9 Å². The number of hydrogen-bond donors (Lipinski definition) is 2. The average Bonchev–Trinajstić information content (AvgIpc) is 2.63. The van der Waals surface area contributed by atoms with E-state index in [1.165, 1.54) is 18.3 Å². The van der Waals surface area contributed by atoms with E-state index in [4.69, 9.17) is 0 Å². The molecule has 1 unspecified atom stereocenters. The number of carboxylic acid groups (broad SMARTS) is 1. The van der Waals surface area contributed by atoms with Gasteiger partial charge in [0, 0.05) is 12.7 Å². The second-order valence-corrected chi connectivity index (χ2v) is 5.69. The topological polar surface area (TPSA) is 88.5 Å². The Morgan fingerprint density at radius 2 is 1.85 bits per heavy atom. The van der Waals surface area contributed by atoms with Gasteiger partial charge in [0.15, 0.2) is 6.61 Å². The number of benzene rings is 1. The van der Waals surface area contributed by atoms with Crippen molar-refractivity contribution in [2.75, 3.05) is 13.2 Å². The lowest BCUT2D eigenvalue weighted by molar-refractivity contribution is -0.154. The van der Waals surface area contributed by atoms with Gasteiger partial charge in [-0.1, -0.05) is 30.3 Å². The van der Waals surface area contributed by atoms with Gasteiger partial charge in [-0.15, -0.1) is 0 Å². The number of aliphatic carboxylic acids is 1. The van der Waals surface area contributed by atoms with Crippen LogP contribution in [0.2, 0.25) is 0 Å². The monoisotopic (exact) mass is 382 g/mol. The summed E-state index contributed by atoms with van der Waals surface area (Å²) >= 11 is 0. The highest BCUT2D eigenvalue weighted by atomic mass is 19.4. The minimum absolute atomic E-state index is 0.195. The molecule has 27 heavy (non-hydrogen) atoms. The Labute approximate surface area is 153 Å². The summed E-state index contributed by atoms with van der Waals surface area (Å²) in [4.78, 5) is 27.3. The highest BCUT2D eigenvalue weighted by molar-refractivity contribution is 5.96. The molecule has 0 saturated heterocycles.